The van der Waals surface area contributed by atoms with Gasteiger partial charge in [-0.2, -0.15) is 0 Å². The molecular formula is C9H12IN5O. The van der Waals surface area contributed by atoms with Gasteiger partial charge in [-0.05, 0) is 0 Å². The third-order valence-corrected chi connectivity index (χ3v) is 2.04. The molecule has 7 heteroatoms. The number of hydrogen-bond acceptors (Lipinski definition) is 2. The number of halogens is 1. The number of hydrazine groups is 1. The van der Waals surface area contributed by atoms with E-state index in [1.54, 1.807) is 17.1 Å². The molecule has 2 N–H and O–H groups in total. The molecule has 2 heterocycles. The van der Waals surface area contributed by atoms with Crippen molar-refractivity contribution in [3.63, 3.8) is 0 Å². The van der Waals surface area contributed by atoms with Crippen molar-refractivity contribution < 1.29 is 33.3 Å². The monoisotopic (exact) mass is 333 g/mol. The number of pyridine rings is 1. The topological polar surface area (TPSA) is 70.3 Å². The number of nitrogens with one attached hydrogen (secondary N) is 2. The van der Waals surface area contributed by atoms with Crippen LogP contribution in [0.2, 0.25) is 0 Å². The van der Waals surface area contributed by atoms with E-state index in [0.717, 1.165) is 0 Å². The normalized spacial score (nSPS) is 15.1. The maximum Gasteiger partial charge on any atom is 0.271 e. The van der Waals surface area contributed by atoms with Crippen molar-refractivity contribution in [2.24, 2.45) is 12.1 Å². The van der Waals surface area contributed by atoms with Gasteiger partial charge in [0.25, 0.3) is 11.9 Å². The number of rotatable bonds is 2. The van der Waals surface area contributed by atoms with E-state index in [-0.39, 0.29) is 29.9 Å². The van der Waals surface area contributed by atoms with Gasteiger partial charge in [0.15, 0.2) is 12.4 Å². The molecule has 2 rings (SSSR count). The molecule has 86 valence electrons. The van der Waals surface area contributed by atoms with Crippen molar-refractivity contribution in [1.82, 2.24) is 15.9 Å². The highest BCUT2D eigenvalue weighted by Crippen LogP contribution is 1.96. The Morgan fingerprint density at radius 1 is 1.50 bits per heavy atom. The number of aryl methyl sites for hydroxylation is 1. The number of hydrogen-bond donors (Lipinski definition) is 2. The van der Waals surface area contributed by atoms with E-state index in [9.17, 15) is 4.79 Å². The van der Waals surface area contributed by atoms with Crippen molar-refractivity contribution in [1.29, 1.82) is 0 Å². The van der Waals surface area contributed by atoms with Gasteiger partial charge in [-0.1, -0.05) is 0 Å². The van der Waals surface area contributed by atoms with E-state index in [2.05, 4.69) is 16.0 Å². The molecule has 1 saturated heterocycles. The zero-order valence-electron chi connectivity index (χ0n) is 8.94. The van der Waals surface area contributed by atoms with Gasteiger partial charge in [0, 0.05) is 19.2 Å². The molecule has 0 radical (unpaired) electrons. The minimum absolute atomic E-state index is 0. The predicted octanol–water partition coefficient (Wildman–Crippen LogP) is -4.03. The largest absolute Gasteiger partial charge is 1.00 e. The summed E-state index contributed by atoms with van der Waals surface area (Å²) in [5.74, 6) is 0.440. The van der Waals surface area contributed by atoms with Gasteiger partial charge in [-0.3, -0.25) is 15.2 Å². The van der Waals surface area contributed by atoms with Crippen molar-refractivity contribution in [3.8, 4) is 0 Å². The van der Waals surface area contributed by atoms with Crippen LogP contribution in [-0.4, -0.2) is 23.9 Å². The third-order valence-electron chi connectivity index (χ3n) is 2.04. The van der Waals surface area contributed by atoms with Crippen LogP contribution in [0.5, 0.6) is 0 Å². The predicted molar refractivity (Wildman–Crippen MR) is 53.4 cm³/mol. The number of carbonyl (C=O) groups excluding carboxylic acids is 1. The van der Waals surface area contributed by atoms with E-state index in [4.69, 9.17) is 0 Å². The van der Waals surface area contributed by atoms with Crippen molar-refractivity contribution >= 4 is 11.9 Å². The Balaban J connectivity index is 0.00000128. The Kier molecular flexibility index (Phi) is 4.05. The SMILES string of the molecule is CN1N/C1=N\NC(=O)c1cc[n+](C)cc1.[I-]. The fourth-order valence-electron chi connectivity index (χ4n) is 1.05. The number of guanidine groups is 1. The smallest absolute Gasteiger partial charge is 0.271 e. The van der Waals surface area contributed by atoms with Gasteiger partial charge >= 0.3 is 0 Å². The van der Waals surface area contributed by atoms with Gasteiger partial charge in [0.05, 0.1) is 5.56 Å². The molecule has 0 aromatic carbocycles. The highest BCUT2D eigenvalue weighted by atomic mass is 127. The lowest BCUT2D eigenvalue weighted by molar-refractivity contribution is -0.671. The summed E-state index contributed by atoms with van der Waals surface area (Å²) in [4.78, 5) is 11.5. The highest BCUT2D eigenvalue weighted by Gasteiger charge is 2.21. The molecule has 1 aromatic heterocycles. The Bertz CT molecular complexity index is 416. The number of nitrogens with zero attached hydrogens (tertiary/aromatic N) is 3. The lowest BCUT2D eigenvalue weighted by Gasteiger charge is -1.96. The summed E-state index contributed by atoms with van der Waals surface area (Å²) in [6.45, 7) is 0. The first kappa shape index (κ1) is 12.7. The number of hydrazone groups is 1. The maximum absolute atomic E-state index is 11.5. The molecule has 0 saturated carbocycles. The first-order chi connectivity index (χ1) is 7.16. The Hall–Kier alpha value is -1.38. The summed E-state index contributed by atoms with van der Waals surface area (Å²) < 4.78 is 1.86. The Labute approximate surface area is 110 Å². The molecule has 1 aliphatic heterocycles. The van der Waals surface area contributed by atoms with E-state index < -0.39 is 0 Å². The molecule has 0 aliphatic carbocycles. The quantitative estimate of drug-likeness (QED) is 0.251. The van der Waals surface area contributed by atoms with Crippen LogP contribution in [-0.2, 0) is 7.05 Å². The molecule has 1 amide bonds. The molecule has 1 aromatic rings. The Morgan fingerprint density at radius 3 is 2.56 bits per heavy atom. The minimum Gasteiger partial charge on any atom is -1.00 e. The molecule has 0 unspecified atom stereocenters. The van der Waals surface area contributed by atoms with Crippen LogP contribution in [0.4, 0.5) is 0 Å². The van der Waals surface area contributed by atoms with Gasteiger partial charge < -0.3 is 24.0 Å². The molecule has 6 nitrogen and oxygen atoms in total. The van der Waals surface area contributed by atoms with Crippen LogP contribution in [0.25, 0.3) is 0 Å². The van der Waals surface area contributed by atoms with Crippen LogP contribution in [0, 0.1) is 0 Å². The molecule has 16 heavy (non-hydrogen) atoms. The summed E-state index contributed by atoms with van der Waals surface area (Å²) in [6, 6.07) is 3.47. The van der Waals surface area contributed by atoms with E-state index in [0.29, 0.717) is 11.5 Å². The number of aromatic nitrogens is 1. The van der Waals surface area contributed by atoms with E-state index >= 15 is 0 Å². The molecule has 0 spiro atoms. The van der Waals surface area contributed by atoms with Crippen LogP contribution < -0.4 is 39.4 Å². The summed E-state index contributed by atoms with van der Waals surface area (Å²) in [5.41, 5.74) is 5.84. The van der Waals surface area contributed by atoms with Crippen molar-refractivity contribution in [3.05, 3.63) is 30.1 Å². The van der Waals surface area contributed by atoms with Crippen molar-refractivity contribution in [2.45, 2.75) is 0 Å². The average Bonchev–Trinajstić information content (AvgIpc) is 2.92. The first-order valence-corrected chi connectivity index (χ1v) is 4.50. The van der Waals surface area contributed by atoms with Crippen LogP contribution >= 0.6 is 0 Å². The highest BCUT2D eigenvalue weighted by molar-refractivity contribution is 5.96. The summed E-state index contributed by atoms with van der Waals surface area (Å²) in [5, 5.41) is 5.54. The zero-order valence-corrected chi connectivity index (χ0v) is 11.1. The van der Waals surface area contributed by atoms with Gasteiger partial charge in [-0.25, -0.2) is 9.99 Å². The minimum atomic E-state index is -0.217. The molecule has 1 fully saturated rings. The van der Waals surface area contributed by atoms with Gasteiger partial charge in [0.1, 0.15) is 7.05 Å². The fraction of sp³-hybridized carbons (Fsp3) is 0.222. The van der Waals surface area contributed by atoms with Crippen molar-refractivity contribution in [2.75, 3.05) is 7.05 Å². The first-order valence-electron chi connectivity index (χ1n) is 4.50. The second-order valence-corrected chi connectivity index (χ2v) is 3.30. The average molecular weight is 333 g/mol. The molecule has 1 aliphatic rings. The van der Waals surface area contributed by atoms with Gasteiger partial charge in [-0.15, -0.1) is 5.10 Å². The second-order valence-electron chi connectivity index (χ2n) is 3.30. The Morgan fingerprint density at radius 2 is 2.06 bits per heavy atom. The zero-order chi connectivity index (χ0) is 10.8. The molecule has 0 bridgehead atoms. The van der Waals surface area contributed by atoms with E-state index in [1.165, 1.54) is 0 Å². The number of carbonyl (C=O) groups is 1. The maximum atomic E-state index is 11.5. The summed E-state index contributed by atoms with van der Waals surface area (Å²) in [6.07, 6.45) is 3.62. The van der Waals surface area contributed by atoms with Crippen LogP contribution in [0.1, 0.15) is 10.4 Å². The molecule has 0 atom stereocenters. The second kappa shape index (κ2) is 5.10. The summed E-state index contributed by atoms with van der Waals surface area (Å²) in [7, 11) is 3.71. The molecular weight excluding hydrogens is 321 g/mol. The standard InChI is InChI=1S/C9H11N5O.HI/c1-13-5-3-7(4-6-13)8(15)10-11-9-12-14(9)2;/h3-6,15H,1-2H3;1H. The van der Waals surface area contributed by atoms with E-state index in [1.807, 2.05) is 31.1 Å². The lowest BCUT2D eigenvalue weighted by atomic mass is 10.2. The number of amides is 1. The van der Waals surface area contributed by atoms with Crippen LogP contribution in [0.3, 0.4) is 0 Å². The van der Waals surface area contributed by atoms with Crippen LogP contribution in [0.15, 0.2) is 29.6 Å². The van der Waals surface area contributed by atoms with Gasteiger partial charge in [0.2, 0.25) is 0 Å². The third kappa shape index (κ3) is 3.05. The summed E-state index contributed by atoms with van der Waals surface area (Å²) >= 11 is 0. The lowest BCUT2D eigenvalue weighted by Crippen LogP contribution is -3.00. The fourth-order valence-corrected chi connectivity index (χ4v) is 1.05.